The quantitative estimate of drug-likeness (QED) is 0.875. The van der Waals surface area contributed by atoms with Crippen molar-refractivity contribution in [1.82, 2.24) is 9.97 Å². The third kappa shape index (κ3) is 2.56. The van der Waals surface area contributed by atoms with E-state index in [1.165, 1.54) is 0 Å². The number of rotatable bonds is 4. The Kier molecular flexibility index (Phi) is 3.48. The summed E-state index contributed by atoms with van der Waals surface area (Å²) in [7, 11) is 2.00. The van der Waals surface area contributed by atoms with Gasteiger partial charge in [-0.3, -0.25) is 4.98 Å². The molecular formula is C11H13N3OS. The summed E-state index contributed by atoms with van der Waals surface area (Å²) >= 11 is 1.59. The zero-order valence-electron chi connectivity index (χ0n) is 9.00. The molecule has 0 radical (unpaired) electrons. The van der Waals surface area contributed by atoms with Crippen molar-refractivity contribution in [1.29, 1.82) is 0 Å². The number of thiazole rings is 1. The lowest BCUT2D eigenvalue weighted by molar-refractivity contribution is 0.277. The van der Waals surface area contributed by atoms with Gasteiger partial charge in [0.05, 0.1) is 30.1 Å². The van der Waals surface area contributed by atoms with Gasteiger partial charge in [-0.15, -0.1) is 11.3 Å². The number of anilines is 1. The van der Waals surface area contributed by atoms with Crippen molar-refractivity contribution in [3.05, 3.63) is 40.6 Å². The van der Waals surface area contributed by atoms with Crippen molar-refractivity contribution in [3.8, 4) is 0 Å². The Morgan fingerprint density at radius 3 is 2.94 bits per heavy atom. The highest BCUT2D eigenvalue weighted by atomic mass is 32.1. The fourth-order valence-electron chi connectivity index (χ4n) is 1.44. The molecule has 1 N–H and O–H groups in total. The van der Waals surface area contributed by atoms with E-state index in [1.54, 1.807) is 17.5 Å². The van der Waals surface area contributed by atoms with Crippen LogP contribution in [0.1, 0.15) is 11.4 Å². The van der Waals surface area contributed by atoms with Crippen LogP contribution in [0.25, 0.3) is 0 Å². The Hall–Kier alpha value is -1.46. The minimum absolute atomic E-state index is 0.0294. The molecule has 0 aliphatic rings. The van der Waals surface area contributed by atoms with E-state index in [4.69, 9.17) is 5.11 Å². The molecule has 84 valence electrons. The monoisotopic (exact) mass is 235 g/mol. The average Bonchev–Trinajstić information content (AvgIpc) is 2.82. The van der Waals surface area contributed by atoms with Crippen LogP contribution < -0.4 is 4.90 Å². The van der Waals surface area contributed by atoms with E-state index in [9.17, 15) is 0 Å². The van der Waals surface area contributed by atoms with Gasteiger partial charge in [-0.2, -0.15) is 0 Å². The lowest BCUT2D eigenvalue weighted by Gasteiger charge is -2.18. The van der Waals surface area contributed by atoms with Crippen molar-refractivity contribution in [3.63, 3.8) is 0 Å². The summed E-state index contributed by atoms with van der Waals surface area (Å²) < 4.78 is 0. The van der Waals surface area contributed by atoms with Crippen molar-refractivity contribution in [2.24, 2.45) is 0 Å². The third-order valence-electron chi connectivity index (χ3n) is 2.29. The fraction of sp³-hybridized carbons (Fsp3) is 0.273. The van der Waals surface area contributed by atoms with Gasteiger partial charge >= 0.3 is 0 Å². The molecule has 0 unspecified atom stereocenters. The first-order chi connectivity index (χ1) is 7.79. The van der Waals surface area contributed by atoms with Gasteiger partial charge in [0.25, 0.3) is 0 Å². The molecule has 2 heterocycles. The van der Waals surface area contributed by atoms with Crippen LogP contribution in [-0.2, 0) is 13.2 Å². The maximum atomic E-state index is 9.01. The predicted molar refractivity (Wildman–Crippen MR) is 64.4 cm³/mol. The molecule has 2 rings (SSSR count). The molecule has 0 aliphatic heterocycles. The molecule has 0 aliphatic carbocycles. The predicted octanol–water partition coefficient (Wildman–Crippen LogP) is 1.67. The van der Waals surface area contributed by atoms with Gasteiger partial charge in [-0.1, -0.05) is 0 Å². The molecule has 5 heteroatoms. The van der Waals surface area contributed by atoms with Crippen LogP contribution >= 0.6 is 11.3 Å². The van der Waals surface area contributed by atoms with Crippen molar-refractivity contribution in [2.75, 3.05) is 11.9 Å². The number of pyridine rings is 1. The van der Waals surface area contributed by atoms with Crippen LogP contribution in [0.5, 0.6) is 0 Å². The minimum atomic E-state index is -0.0294. The molecule has 0 saturated heterocycles. The first kappa shape index (κ1) is 11.0. The van der Waals surface area contributed by atoms with Gasteiger partial charge in [0.2, 0.25) is 0 Å². The molecule has 0 atom stereocenters. The normalized spacial score (nSPS) is 10.4. The van der Waals surface area contributed by atoms with Crippen LogP contribution in [0, 0.1) is 0 Å². The lowest BCUT2D eigenvalue weighted by atomic mass is 10.3. The second-order valence-electron chi connectivity index (χ2n) is 3.50. The van der Waals surface area contributed by atoms with Gasteiger partial charge in [-0.05, 0) is 12.1 Å². The number of hydrogen-bond acceptors (Lipinski definition) is 5. The summed E-state index contributed by atoms with van der Waals surface area (Å²) in [4.78, 5) is 10.4. The van der Waals surface area contributed by atoms with Gasteiger partial charge in [0.1, 0.15) is 0 Å². The summed E-state index contributed by atoms with van der Waals surface area (Å²) in [6.45, 7) is 0.733. The number of aliphatic hydroxyl groups is 1. The number of hydrogen-bond donors (Lipinski definition) is 1. The number of nitrogens with zero attached hydrogens (tertiary/aromatic N) is 3. The first-order valence-electron chi connectivity index (χ1n) is 4.93. The topological polar surface area (TPSA) is 49.2 Å². The largest absolute Gasteiger partial charge is 0.390 e. The summed E-state index contributed by atoms with van der Waals surface area (Å²) in [6, 6.07) is 3.80. The third-order valence-corrected chi connectivity index (χ3v) is 2.92. The van der Waals surface area contributed by atoms with Crippen LogP contribution in [0.4, 0.5) is 5.69 Å². The van der Waals surface area contributed by atoms with Crippen LogP contribution in [-0.4, -0.2) is 22.1 Å². The SMILES string of the molecule is CN(Cc1cscn1)c1ccnc(CO)c1. The Labute approximate surface area is 98.2 Å². The highest BCUT2D eigenvalue weighted by Gasteiger charge is 2.04. The molecule has 0 bridgehead atoms. The maximum Gasteiger partial charge on any atom is 0.0853 e. The van der Waals surface area contributed by atoms with Crippen molar-refractivity contribution >= 4 is 17.0 Å². The maximum absolute atomic E-state index is 9.01. The number of aliphatic hydroxyl groups excluding tert-OH is 1. The Bertz CT molecular complexity index is 444. The Morgan fingerprint density at radius 2 is 2.25 bits per heavy atom. The highest BCUT2D eigenvalue weighted by Crippen LogP contribution is 2.15. The molecule has 0 fully saturated rings. The van der Waals surface area contributed by atoms with E-state index < -0.39 is 0 Å². The summed E-state index contributed by atoms with van der Waals surface area (Å²) in [5.41, 5.74) is 4.60. The molecule has 4 nitrogen and oxygen atoms in total. The number of aromatic nitrogens is 2. The smallest absolute Gasteiger partial charge is 0.0853 e. The standard InChI is InChI=1S/C11H13N3OS/c1-14(5-10-7-16-8-13-10)11-2-3-12-9(4-11)6-15/h2-4,7-8,15H,5-6H2,1H3. The Morgan fingerprint density at radius 1 is 1.38 bits per heavy atom. The van der Waals surface area contributed by atoms with Gasteiger partial charge < -0.3 is 10.0 Å². The van der Waals surface area contributed by atoms with Gasteiger partial charge in [0.15, 0.2) is 0 Å². The van der Waals surface area contributed by atoms with Crippen LogP contribution in [0.15, 0.2) is 29.2 Å². The zero-order valence-corrected chi connectivity index (χ0v) is 9.81. The summed E-state index contributed by atoms with van der Waals surface area (Å²) in [6.07, 6.45) is 1.71. The minimum Gasteiger partial charge on any atom is -0.390 e. The van der Waals surface area contributed by atoms with Gasteiger partial charge in [0, 0.05) is 24.3 Å². The molecule has 0 spiro atoms. The van der Waals surface area contributed by atoms with E-state index in [0.717, 1.165) is 17.9 Å². The van der Waals surface area contributed by atoms with E-state index in [0.29, 0.717) is 5.69 Å². The lowest BCUT2D eigenvalue weighted by Crippen LogP contribution is -2.16. The zero-order chi connectivity index (χ0) is 11.4. The molecule has 2 aromatic rings. The molecule has 2 aromatic heterocycles. The molecular weight excluding hydrogens is 222 g/mol. The van der Waals surface area contributed by atoms with E-state index >= 15 is 0 Å². The summed E-state index contributed by atoms with van der Waals surface area (Å²) in [5, 5.41) is 11.0. The highest BCUT2D eigenvalue weighted by molar-refractivity contribution is 7.07. The van der Waals surface area contributed by atoms with Crippen LogP contribution in [0.2, 0.25) is 0 Å². The Balaban J connectivity index is 2.11. The van der Waals surface area contributed by atoms with E-state index in [1.807, 2.05) is 30.1 Å². The second-order valence-corrected chi connectivity index (χ2v) is 4.22. The van der Waals surface area contributed by atoms with E-state index in [2.05, 4.69) is 14.9 Å². The summed E-state index contributed by atoms with van der Waals surface area (Å²) in [5.74, 6) is 0. The van der Waals surface area contributed by atoms with E-state index in [-0.39, 0.29) is 6.61 Å². The molecule has 0 aromatic carbocycles. The average molecular weight is 235 g/mol. The van der Waals surface area contributed by atoms with Crippen LogP contribution in [0.3, 0.4) is 0 Å². The molecule has 16 heavy (non-hydrogen) atoms. The van der Waals surface area contributed by atoms with Crippen molar-refractivity contribution < 1.29 is 5.11 Å². The second kappa shape index (κ2) is 5.05. The van der Waals surface area contributed by atoms with Gasteiger partial charge in [-0.25, -0.2) is 4.98 Å². The molecule has 0 amide bonds. The first-order valence-corrected chi connectivity index (χ1v) is 5.88. The van der Waals surface area contributed by atoms with Crippen molar-refractivity contribution in [2.45, 2.75) is 13.2 Å². The molecule has 0 saturated carbocycles. The fourth-order valence-corrected chi connectivity index (χ4v) is 1.99.